The Bertz CT molecular complexity index is 927. The van der Waals surface area contributed by atoms with Gasteiger partial charge in [0.2, 0.25) is 11.6 Å². The lowest BCUT2D eigenvalue weighted by Gasteiger charge is -2.08. The first kappa shape index (κ1) is 23.2. The minimum atomic E-state index is -1.09. The van der Waals surface area contributed by atoms with Crippen LogP contribution in [0, 0.1) is 31.9 Å². The third-order valence-electron chi connectivity index (χ3n) is 3.81. The Morgan fingerprint density at radius 1 is 0.833 bits per heavy atom. The summed E-state index contributed by atoms with van der Waals surface area (Å²) >= 11 is 11.6. The Balaban J connectivity index is 1.85. The summed E-state index contributed by atoms with van der Waals surface area (Å²) in [7, 11) is 0. The largest absolute Gasteiger partial charge is 0.508 e. The van der Waals surface area contributed by atoms with E-state index in [4.69, 9.17) is 32.7 Å². The van der Waals surface area contributed by atoms with Crippen LogP contribution in [0.15, 0.2) is 24.3 Å². The number of ether oxygens (including phenoxy) is 2. The van der Waals surface area contributed by atoms with Gasteiger partial charge >= 0.3 is 17.5 Å². The van der Waals surface area contributed by atoms with Crippen LogP contribution in [0.5, 0.6) is 0 Å². The number of nitro groups is 2. The molecule has 13 heteroatoms. The number of nitrogens with zero attached hydrogens (tertiary/aromatic N) is 2. The summed E-state index contributed by atoms with van der Waals surface area (Å²) in [5.74, 6) is -2.18. The zero-order valence-electron chi connectivity index (χ0n) is 14.9. The molecule has 0 bridgehead atoms. The summed E-state index contributed by atoms with van der Waals surface area (Å²) in [5, 5.41) is 21.4. The summed E-state index contributed by atoms with van der Waals surface area (Å²) in [6, 6.07) is 3.46. The Morgan fingerprint density at radius 2 is 1.20 bits per heavy atom. The first-order valence-electron chi connectivity index (χ1n) is 8.14. The third-order valence-corrected chi connectivity index (χ3v) is 4.51. The van der Waals surface area contributed by atoms with Gasteiger partial charge in [0.05, 0.1) is 23.1 Å². The molecule has 0 aliphatic heterocycles. The van der Waals surface area contributed by atoms with Gasteiger partial charge in [-0.25, -0.2) is 4.79 Å². The summed E-state index contributed by atoms with van der Waals surface area (Å²) in [5.41, 5.74) is -1.13. The number of carbonyl (C=O) groups is 1. The van der Waals surface area contributed by atoms with E-state index in [1.165, 1.54) is 0 Å². The first-order valence-corrected chi connectivity index (χ1v) is 8.90. The molecule has 0 aromatic heterocycles. The molecule has 0 saturated heterocycles. The number of benzene rings is 2. The van der Waals surface area contributed by atoms with E-state index < -0.39 is 39.0 Å². The molecule has 0 amide bonds. The van der Waals surface area contributed by atoms with E-state index in [2.05, 4.69) is 0 Å². The highest BCUT2D eigenvalue weighted by atomic mass is 35.5. The fraction of sp³-hybridized carbons (Fsp3) is 0.235. The van der Waals surface area contributed by atoms with Crippen LogP contribution in [0.25, 0.3) is 0 Å². The lowest BCUT2D eigenvalue weighted by molar-refractivity contribution is -0.387. The normalized spacial score (nSPS) is 10.5. The fourth-order valence-corrected chi connectivity index (χ4v) is 2.84. The lowest BCUT2D eigenvalue weighted by Crippen LogP contribution is -2.12. The van der Waals surface area contributed by atoms with E-state index in [-0.39, 0.29) is 47.2 Å². The van der Waals surface area contributed by atoms with Gasteiger partial charge < -0.3 is 9.47 Å². The highest BCUT2D eigenvalue weighted by Gasteiger charge is 2.19. The average Bonchev–Trinajstić information content (AvgIpc) is 2.64. The molecular formula is C17H12Cl2F2N2O7. The second kappa shape index (κ2) is 10.1. The van der Waals surface area contributed by atoms with Crippen molar-refractivity contribution in [3.63, 3.8) is 0 Å². The number of nitro benzene ring substituents is 2. The molecule has 9 nitrogen and oxygen atoms in total. The van der Waals surface area contributed by atoms with Crippen LogP contribution in [0.4, 0.5) is 25.0 Å². The van der Waals surface area contributed by atoms with Gasteiger partial charge in [0, 0.05) is 35.0 Å². The molecule has 0 aliphatic carbocycles. The minimum Gasteiger partial charge on any atom is -0.434 e. The summed E-state index contributed by atoms with van der Waals surface area (Å²) in [4.78, 5) is 31.3. The second-order valence-electron chi connectivity index (χ2n) is 5.75. The minimum absolute atomic E-state index is 0.0367. The van der Waals surface area contributed by atoms with Crippen molar-refractivity contribution >= 4 is 40.7 Å². The molecule has 0 aliphatic rings. The van der Waals surface area contributed by atoms with Crippen molar-refractivity contribution in [2.75, 3.05) is 13.2 Å². The molecule has 0 N–H and O–H groups in total. The van der Waals surface area contributed by atoms with Gasteiger partial charge in [0.25, 0.3) is 0 Å². The van der Waals surface area contributed by atoms with Crippen molar-refractivity contribution in [3.05, 3.63) is 77.3 Å². The number of carbonyl (C=O) groups excluding carboxylic acids is 1. The van der Waals surface area contributed by atoms with Gasteiger partial charge in [-0.1, -0.05) is 23.2 Å². The van der Waals surface area contributed by atoms with E-state index in [1.807, 2.05) is 0 Å². The van der Waals surface area contributed by atoms with Crippen LogP contribution in [-0.2, 0) is 22.3 Å². The van der Waals surface area contributed by atoms with Gasteiger partial charge in [0.1, 0.15) is 0 Å². The predicted octanol–water partition coefficient (Wildman–Crippen LogP) is 5.03. The van der Waals surface area contributed by atoms with E-state index >= 15 is 0 Å². The van der Waals surface area contributed by atoms with Crippen molar-refractivity contribution in [1.82, 2.24) is 0 Å². The second-order valence-corrected chi connectivity index (χ2v) is 6.57. The van der Waals surface area contributed by atoms with Crippen LogP contribution in [0.2, 0.25) is 10.0 Å². The van der Waals surface area contributed by atoms with Crippen molar-refractivity contribution in [3.8, 4) is 0 Å². The van der Waals surface area contributed by atoms with E-state index in [1.54, 1.807) is 0 Å². The zero-order valence-corrected chi connectivity index (χ0v) is 16.4. The Labute approximate surface area is 177 Å². The zero-order chi connectivity index (χ0) is 22.4. The molecule has 30 heavy (non-hydrogen) atoms. The molecular weight excluding hydrogens is 453 g/mol. The maximum absolute atomic E-state index is 13.4. The van der Waals surface area contributed by atoms with Crippen molar-refractivity contribution < 1.29 is 32.9 Å². The predicted molar refractivity (Wildman–Crippen MR) is 101 cm³/mol. The van der Waals surface area contributed by atoms with Gasteiger partial charge in [-0.3, -0.25) is 20.2 Å². The molecule has 0 saturated carbocycles. The van der Waals surface area contributed by atoms with Crippen LogP contribution in [0.3, 0.4) is 0 Å². The first-order chi connectivity index (χ1) is 14.1. The molecule has 160 valence electrons. The SMILES string of the molecule is O=C(OCCc1cc([N+](=O)[O-])c(F)cc1Cl)OCCc1cc([N+](=O)[O-])c(F)cc1Cl. The summed E-state index contributed by atoms with van der Waals surface area (Å²) in [6.45, 7) is -0.520. The van der Waals surface area contributed by atoms with Crippen LogP contribution in [-0.4, -0.2) is 29.2 Å². The average molecular weight is 465 g/mol. The Morgan fingerprint density at radius 3 is 1.53 bits per heavy atom. The number of rotatable bonds is 8. The molecule has 0 fully saturated rings. The van der Waals surface area contributed by atoms with Crippen LogP contribution < -0.4 is 0 Å². The quantitative estimate of drug-likeness (QED) is 0.305. The van der Waals surface area contributed by atoms with Gasteiger partial charge in [-0.05, 0) is 23.3 Å². The number of halogens is 4. The highest BCUT2D eigenvalue weighted by Crippen LogP contribution is 2.27. The molecule has 2 aromatic carbocycles. The maximum atomic E-state index is 13.4. The standard InChI is InChI=1S/C17H12Cl2F2N2O7/c18-11-7-13(20)15(22(25)26)5-9(11)1-3-29-17(24)30-4-2-10-6-16(23(27)28)14(21)8-12(10)19/h5-8H,1-4H2. The fourth-order valence-electron chi connectivity index (χ4n) is 2.35. The lowest BCUT2D eigenvalue weighted by atomic mass is 10.1. The summed E-state index contributed by atoms with van der Waals surface area (Å²) in [6.07, 6.45) is -1.16. The molecule has 0 spiro atoms. The third kappa shape index (κ3) is 5.97. The van der Waals surface area contributed by atoms with E-state index in [0.717, 1.165) is 24.3 Å². The smallest absolute Gasteiger partial charge is 0.434 e. The van der Waals surface area contributed by atoms with Crippen molar-refractivity contribution in [2.45, 2.75) is 12.8 Å². The maximum Gasteiger partial charge on any atom is 0.508 e. The highest BCUT2D eigenvalue weighted by molar-refractivity contribution is 6.31. The Hall–Kier alpha value is -3.05. The number of hydrogen-bond donors (Lipinski definition) is 0. The molecule has 2 rings (SSSR count). The summed E-state index contributed by atoms with van der Waals surface area (Å²) < 4.78 is 36.5. The monoisotopic (exact) mass is 464 g/mol. The van der Waals surface area contributed by atoms with Crippen molar-refractivity contribution in [2.24, 2.45) is 0 Å². The van der Waals surface area contributed by atoms with E-state index in [0.29, 0.717) is 0 Å². The Kier molecular flexibility index (Phi) is 7.84. The van der Waals surface area contributed by atoms with E-state index in [9.17, 15) is 33.8 Å². The number of hydrogen-bond acceptors (Lipinski definition) is 7. The van der Waals surface area contributed by atoms with Gasteiger partial charge in [-0.2, -0.15) is 8.78 Å². The van der Waals surface area contributed by atoms with Gasteiger partial charge in [-0.15, -0.1) is 0 Å². The van der Waals surface area contributed by atoms with Crippen LogP contribution >= 0.6 is 23.2 Å². The van der Waals surface area contributed by atoms with Crippen molar-refractivity contribution in [1.29, 1.82) is 0 Å². The molecule has 0 heterocycles. The van der Waals surface area contributed by atoms with Gasteiger partial charge in [0.15, 0.2) is 0 Å². The topological polar surface area (TPSA) is 122 Å². The molecule has 0 atom stereocenters. The molecule has 2 aromatic rings. The van der Waals surface area contributed by atoms with Crippen LogP contribution in [0.1, 0.15) is 11.1 Å². The molecule has 0 unspecified atom stereocenters. The molecule has 0 radical (unpaired) electrons.